The van der Waals surface area contributed by atoms with Gasteiger partial charge in [-0.05, 0) is 29.8 Å². The minimum absolute atomic E-state index is 0.108. The molecule has 0 unspecified atom stereocenters. The average Bonchev–Trinajstić information content (AvgIpc) is 3.15. The second kappa shape index (κ2) is 8.81. The molecular weight excluding hydrogens is 382 g/mol. The number of phenolic OH excluding ortho intramolecular Hbond substituents is 1. The van der Waals surface area contributed by atoms with E-state index in [1.54, 1.807) is 12.1 Å². The first kappa shape index (κ1) is 19.7. The van der Waals surface area contributed by atoms with Gasteiger partial charge in [-0.2, -0.15) is 0 Å². The molecule has 0 saturated heterocycles. The molecule has 154 valence electrons. The molecule has 4 aromatic rings. The van der Waals surface area contributed by atoms with Crippen molar-refractivity contribution in [2.24, 2.45) is 0 Å². The molecule has 0 atom stereocenters. The van der Waals surface area contributed by atoms with E-state index in [2.05, 4.69) is 15.3 Å². The Balaban J connectivity index is 1.67. The third kappa shape index (κ3) is 3.91. The normalized spacial score (nSPS) is 11.1. The van der Waals surface area contributed by atoms with Crippen molar-refractivity contribution < 1.29 is 14.9 Å². The van der Waals surface area contributed by atoms with Crippen LogP contribution in [0.15, 0.2) is 61.1 Å². The lowest BCUT2D eigenvalue weighted by Gasteiger charge is -2.08. The van der Waals surface area contributed by atoms with Crippen molar-refractivity contribution in [1.82, 2.24) is 19.9 Å². The number of nitrogen functional groups attached to an aromatic ring is 1. The number of ether oxygens (including phenoxy) is 1. The van der Waals surface area contributed by atoms with Crippen LogP contribution in [0, 0.1) is 0 Å². The third-order valence-corrected chi connectivity index (χ3v) is 4.75. The minimum Gasteiger partial charge on any atom is -0.506 e. The monoisotopic (exact) mass is 405 g/mol. The van der Waals surface area contributed by atoms with Crippen LogP contribution in [0.5, 0.6) is 11.5 Å². The molecule has 5 N–H and O–H groups in total. The maximum Gasteiger partial charge on any atom is 0.151 e. The van der Waals surface area contributed by atoms with Crippen molar-refractivity contribution in [1.29, 1.82) is 0 Å². The van der Waals surface area contributed by atoms with Gasteiger partial charge >= 0.3 is 0 Å². The molecule has 0 fully saturated rings. The van der Waals surface area contributed by atoms with Gasteiger partial charge in [-0.15, -0.1) is 0 Å². The van der Waals surface area contributed by atoms with Crippen molar-refractivity contribution in [3.63, 3.8) is 0 Å². The van der Waals surface area contributed by atoms with Gasteiger partial charge in [-0.1, -0.05) is 24.3 Å². The van der Waals surface area contributed by atoms with E-state index in [1.165, 1.54) is 6.33 Å². The van der Waals surface area contributed by atoms with Crippen LogP contribution >= 0.6 is 0 Å². The van der Waals surface area contributed by atoms with Crippen molar-refractivity contribution in [3.05, 3.63) is 61.1 Å². The van der Waals surface area contributed by atoms with Gasteiger partial charge in [-0.25, -0.2) is 9.97 Å². The summed E-state index contributed by atoms with van der Waals surface area (Å²) in [6.07, 6.45) is 3.34. The van der Waals surface area contributed by atoms with Crippen molar-refractivity contribution in [3.8, 4) is 28.3 Å². The molecular formula is C22H23N5O3. The van der Waals surface area contributed by atoms with Crippen molar-refractivity contribution in [2.45, 2.75) is 0 Å². The molecule has 4 rings (SSSR count). The second-order valence-corrected chi connectivity index (χ2v) is 6.70. The fourth-order valence-electron chi connectivity index (χ4n) is 3.33. The SMILES string of the molecule is Nc1ncnc2c(-c3ccc(OCCNCCO)cc3)cn(-c3ccccc3O)c12. The van der Waals surface area contributed by atoms with Gasteiger partial charge in [0.1, 0.15) is 35.5 Å². The number of para-hydroxylation sites is 2. The number of aromatic hydroxyl groups is 1. The lowest BCUT2D eigenvalue weighted by molar-refractivity contribution is 0.276. The molecule has 2 heterocycles. The first-order chi connectivity index (χ1) is 14.7. The maximum absolute atomic E-state index is 10.3. The highest BCUT2D eigenvalue weighted by atomic mass is 16.5. The van der Waals surface area contributed by atoms with Crippen LogP contribution < -0.4 is 15.8 Å². The average molecular weight is 405 g/mol. The number of anilines is 1. The summed E-state index contributed by atoms with van der Waals surface area (Å²) >= 11 is 0. The smallest absolute Gasteiger partial charge is 0.151 e. The number of hydrogen-bond donors (Lipinski definition) is 4. The van der Waals surface area contributed by atoms with E-state index in [0.29, 0.717) is 42.2 Å². The predicted molar refractivity (Wildman–Crippen MR) is 116 cm³/mol. The number of aromatic nitrogens is 3. The standard InChI is InChI=1S/C22H23N5O3/c23-22-21-20(25-14-26-22)17(13-27(21)18-3-1-2-4-19(18)29)15-5-7-16(8-6-15)30-12-10-24-9-11-28/h1-8,13-14,24,28-29H,9-12H2,(H2,23,25,26). The van der Waals surface area contributed by atoms with Crippen LogP contribution in [-0.2, 0) is 0 Å². The number of fused-ring (bicyclic) bond motifs is 1. The van der Waals surface area contributed by atoms with Gasteiger partial charge < -0.3 is 30.6 Å². The van der Waals surface area contributed by atoms with Crippen LogP contribution in [0.4, 0.5) is 5.82 Å². The molecule has 0 spiro atoms. The van der Waals surface area contributed by atoms with E-state index in [1.807, 2.05) is 47.2 Å². The summed E-state index contributed by atoms with van der Waals surface area (Å²) in [5.74, 6) is 1.23. The zero-order valence-electron chi connectivity index (χ0n) is 16.3. The van der Waals surface area contributed by atoms with Crippen LogP contribution in [0.1, 0.15) is 0 Å². The number of benzene rings is 2. The zero-order chi connectivity index (χ0) is 20.9. The Morgan fingerprint density at radius 1 is 1.03 bits per heavy atom. The van der Waals surface area contributed by atoms with Gasteiger partial charge in [0.05, 0.1) is 12.3 Å². The summed E-state index contributed by atoms with van der Waals surface area (Å²) in [4.78, 5) is 8.56. The molecule has 0 aliphatic heterocycles. The van der Waals surface area contributed by atoms with E-state index in [-0.39, 0.29) is 12.4 Å². The Kier molecular flexibility index (Phi) is 5.78. The van der Waals surface area contributed by atoms with E-state index < -0.39 is 0 Å². The van der Waals surface area contributed by atoms with E-state index in [4.69, 9.17) is 15.6 Å². The van der Waals surface area contributed by atoms with Gasteiger partial charge in [0.2, 0.25) is 0 Å². The quantitative estimate of drug-likeness (QED) is 0.332. The summed E-state index contributed by atoms with van der Waals surface area (Å²) in [6.45, 7) is 1.83. The Bertz CT molecular complexity index is 1140. The molecule has 0 aliphatic carbocycles. The molecule has 8 heteroatoms. The lowest BCUT2D eigenvalue weighted by atomic mass is 10.1. The molecule has 0 bridgehead atoms. The number of nitrogens with zero attached hydrogens (tertiary/aromatic N) is 3. The van der Waals surface area contributed by atoms with Crippen LogP contribution in [-0.4, -0.2) is 51.1 Å². The number of aliphatic hydroxyl groups excluding tert-OH is 1. The number of aliphatic hydroxyl groups is 1. The summed E-state index contributed by atoms with van der Waals surface area (Å²) in [7, 11) is 0. The first-order valence-electron chi connectivity index (χ1n) is 9.63. The minimum atomic E-state index is 0.108. The fraction of sp³-hybridized carbons (Fsp3) is 0.182. The number of nitrogens with two attached hydrogens (primary N) is 1. The fourth-order valence-corrected chi connectivity index (χ4v) is 3.33. The molecule has 8 nitrogen and oxygen atoms in total. The number of phenols is 1. The summed E-state index contributed by atoms with van der Waals surface area (Å²) < 4.78 is 7.52. The molecule has 0 amide bonds. The van der Waals surface area contributed by atoms with Crippen molar-refractivity contribution >= 4 is 16.9 Å². The van der Waals surface area contributed by atoms with Crippen LogP contribution in [0.3, 0.4) is 0 Å². The molecule has 30 heavy (non-hydrogen) atoms. The summed E-state index contributed by atoms with van der Waals surface area (Å²) in [5.41, 5.74) is 9.92. The molecule has 0 aliphatic rings. The highest BCUT2D eigenvalue weighted by molar-refractivity contribution is 5.98. The lowest BCUT2D eigenvalue weighted by Crippen LogP contribution is -2.23. The van der Waals surface area contributed by atoms with Gasteiger partial charge in [0.15, 0.2) is 5.82 Å². The Labute approximate surface area is 173 Å². The highest BCUT2D eigenvalue weighted by Crippen LogP contribution is 2.35. The Morgan fingerprint density at radius 3 is 2.60 bits per heavy atom. The van der Waals surface area contributed by atoms with E-state index in [9.17, 15) is 5.11 Å². The zero-order valence-corrected chi connectivity index (χ0v) is 16.3. The maximum atomic E-state index is 10.3. The molecule has 2 aromatic heterocycles. The Morgan fingerprint density at radius 2 is 1.83 bits per heavy atom. The number of hydrogen-bond acceptors (Lipinski definition) is 7. The Hall–Kier alpha value is -3.62. The number of rotatable bonds is 8. The topological polar surface area (TPSA) is 118 Å². The second-order valence-electron chi connectivity index (χ2n) is 6.70. The third-order valence-electron chi connectivity index (χ3n) is 4.75. The van der Waals surface area contributed by atoms with E-state index >= 15 is 0 Å². The number of nitrogens with one attached hydrogen (secondary N) is 1. The molecule has 2 aromatic carbocycles. The first-order valence-corrected chi connectivity index (χ1v) is 9.63. The largest absolute Gasteiger partial charge is 0.506 e. The van der Waals surface area contributed by atoms with E-state index in [0.717, 1.165) is 16.9 Å². The summed E-state index contributed by atoms with van der Waals surface area (Å²) in [6, 6.07) is 14.8. The van der Waals surface area contributed by atoms with Gasteiger partial charge in [-0.3, -0.25) is 0 Å². The molecule has 0 saturated carbocycles. The highest BCUT2D eigenvalue weighted by Gasteiger charge is 2.17. The summed E-state index contributed by atoms with van der Waals surface area (Å²) in [5, 5.41) is 22.2. The van der Waals surface area contributed by atoms with Crippen LogP contribution in [0.2, 0.25) is 0 Å². The van der Waals surface area contributed by atoms with Gasteiger partial charge in [0, 0.05) is 24.8 Å². The predicted octanol–water partition coefficient (Wildman–Crippen LogP) is 2.34. The molecule has 0 radical (unpaired) electrons. The van der Waals surface area contributed by atoms with Gasteiger partial charge in [0.25, 0.3) is 0 Å². The van der Waals surface area contributed by atoms with Crippen LogP contribution in [0.25, 0.3) is 27.8 Å². The van der Waals surface area contributed by atoms with Crippen molar-refractivity contribution in [2.75, 3.05) is 32.0 Å².